The smallest absolute Gasteiger partial charge is 0.326 e. The van der Waals surface area contributed by atoms with E-state index in [9.17, 15) is 9.90 Å². The van der Waals surface area contributed by atoms with Crippen molar-refractivity contribution in [3.63, 3.8) is 0 Å². The van der Waals surface area contributed by atoms with Gasteiger partial charge in [-0.25, -0.2) is 9.78 Å². The molecule has 0 spiro atoms. The summed E-state index contributed by atoms with van der Waals surface area (Å²) in [4.78, 5) is 15.9. The maximum absolute atomic E-state index is 11.3. The van der Waals surface area contributed by atoms with Crippen molar-refractivity contribution in [2.45, 2.75) is 51.0 Å². The van der Waals surface area contributed by atoms with Gasteiger partial charge in [0, 0.05) is 11.6 Å². The molecule has 2 heterocycles. The average molecular weight is 220 g/mol. The molecule has 4 nitrogen and oxygen atoms in total. The molecule has 86 valence electrons. The minimum Gasteiger partial charge on any atom is -0.480 e. The van der Waals surface area contributed by atoms with Gasteiger partial charge in [0.05, 0.1) is 5.69 Å². The highest BCUT2D eigenvalue weighted by Gasteiger charge is 2.36. The Morgan fingerprint density at radius 2 is 2.19 bits per heavy atom. The summed E-state index contributed by atoms with van der Waals surface area (Å²) in [6.07, 6.45) is 5.03. The normalized spacial score (nSPS) is 24.2. The molecule has 0 radical (unpaired) electrons. The zero-order valence-electron chi connectivity index (χ0n) is 9.44. The van der Waals surface area contributed by atoms with Crippen LogP contribution in [0.3, 0.4) is 0 Å². The van der Waals surface area contributed by atoms with Crippen LogP contribution in [0.2, 0.25) is 0 Å². The van der Waals surface area contributed by atoms with Gasteiger partial charge < -0.3 is 9.67 Å². The molecule has 0 aromatic carbocycles. The minimum absolute atomic E-state index is 0.374. The molecule has 1 fully saturated rings. The van der Waals surface area contributed by atoms with E-state index in [4.69, 9.17) is 0 Å². The number of hydrogen-bond donors (Lipinski definition) is 1. The molecular formula is C12H16N2O2. The number of hydrogen-bond acceptors (Lipinski definition) is 2. The van der Waals surface area contributed by atoms with Crippen LogP contribution in [-0.4, -0.2) is 20.6 Å². The Labute approximate surface area is 94.3 Å². The number of aliphatic carboxylic acids is 1. The predicted octanol–water partition coefficient (Wildman–Crippen LogP) is 2.03. The molecular weight excluding hydrogens is 204 g/mol. The summed E-state index contributed by atoms with van der Waals surface area (Å²) in [6, 6.07) is -0.374. The number of imidazole rings is 1. The standard InChI is InChI=1S/C12H16N2O2/c1-7-9-3-2-4-10(12(15)16)14(9)11(13-7)8-5-6-8/h8,10H,2-6H2,1H3,(H,15,16). The van der Waals surface area contributed by atoms with Gasteiger partial charge in [0.15, 0.2) is 0 Å². The first kappa shape index (κ1) is 9.87. The molecule has 16 heavy (non-hydrogen) atoms. The number of aromatic nitrogens is 2. The molecule has 3 rings (SSSR count). The van der Waals surface area contributed by atoms with Crippen LogP contribution in [0.5, 0.6) is 0 Å². The molecule has 1 atom stereocenters. The molecule has 1 N–H and O–H groups in total. The zero-order chi connectivity index (χ0) is 11.3. The van der Waals surface area contributed by atoms with E-state index in [1.165, 1.54) is 12.8 Å². The van der Waals surface area contributed by atoms with Crippen LogP contribution < -0.4 is 0 Å². The van der Waals surface area contributed by atoms with Crippen molar-refractivity contribution in [1.82, 2.24) is 9.55 Å². The summed E-state index contributed by atoms with van der Waals surface area (Å²) in [5.74, 6) is 0.840. The van der Waals surface area contributed by atoms with Gasteiger partial charge in [0.1, 0.15) is 11.9 Å². The first-order valence-electron chi connectivity index (χ1n) is 5.99. The number of carboxylic acids is 1. The van der Waals surface area contributed by atoms with E-state index in [1.54, 1.807) is 0 Å². The molecule has 4 heteroatoms. The lowest BCUT2D eigenvalue weighted by Crippen LogP contribution is -2.26. The van der Waals surface area contributed by atoms with Gasteiger partial charge in [-0.05, 0) is 39.0 Å². The molecule has 0 amide bonds. The second-order valence-corrected chi connectivity index (χ2v) is 4.89. The van der Waals surface area contributed by atoms with Crippen molar-refractivity contribution in [3.05, 3.63) is 17.2 Å². The zero-order valence-corrected chi connectivity index (χ0v) is 9.44. The van der Waals surface area contributed by atoms with Crippen LogP contribution in [0.25, 0.3) is 0 Å². The first-order valence-corrected chi connectivity index (χ1v) is 5.99. The highest BCUT2D eigenvalue weighted by molar-refractivity contribution is 5.72. The van der Waals surface area contributed by atoms with Gasteiger partial charge in [-0.2, -0.15) is 0 Å². The van der Waals surface area contributed by atoms with Gasteiger partial charge in [0.2, 0.25) is 0 Å². The Bertz CT molecular complexity index is 446. The van der Waals surface area contributed by atoms with E-state index in [0.717, 1.165) is 36.5 Å². The van der Waals surface area contributed by atoms with Crippen LogP contribution >= 0.6 is 0 Å². The quantitative estimate of drug-likeness (QED) is 0.829. The summed E-state index contributed by atoms with van der Waals surface area (Å²) in [7, 11) is 0. The molecule has 0 bridgehead atoms. The fourth-order valence-corrected chi connectivity index (χ4v) is 2.71. The van der Waals surface area contributed by atoms with Crippen molar-refractivity contribution >= 4 is 5.97 Å². The molecule has 1 aromatic heterocycles. The van der Waals surface area contributed by atoms with Crippen LogP contribution in [0.15, 0.2) is 0 Å². The Balaban J connectivity index is 2.12. The van der Waals surface area contributed by atoms with Crippen molar-refractivity contribution in [1.29, 1.82) is 0 Å². The largest absolute Gasteiger partial charge is 0.480 e. The third kappa shape index (κ3) is 1.36. The Hall–Kier alpha value is -1.32. The number of nitrogens with zero attached hydrogens (tertiary/aromatic N) is 2. The summed E-state index contributed by atoms with van der Waals surface area (Å²) >= 11 is 0. The van der Waals surface area contributed by atoms with E-state index in [1.807, 2.05) is 11.5 Å². The summed E-state index contributed by atoms with van der Waals surface area (Å²) in [6.45, 7) is 2.00. The Morgan fingerprint density at radius 1 is 1.44 bits per heavy atom. The van der Waals surface area contributed by atoms with Crippen molar-refractivity contribution in [3.8, 4) is 0 Å². The van der Waals surface area contributed by atoms with Gasteiger partial charge in [-0.15, -0.1) is 0 Å². The topological polar surface area (TPSA) is 55.1 Å². The molecule has 1 unspecified atom stereocenters. The molecule has 0 saturated heterocycles. The second-order valence-electron chi connectivity index (χ2n) is 4.89. The minimum atomic E-state index is -0.708. The van der Waals surface area contributed by atoms with E-state index < -0.39 is 5.97 Å². The average Bonchev–Trinajstić information content (AvgIpc) is 3.04. The molecule has 1 aliphatic heterocycles. The number of carbonyl (C=O) groups is 1. The summed E-state index contributed by atoms with van der Waals surface area (Å²) < 4.78 is 2.01. The third-order valence-corrected chi connectivity index (χ3v) is 3.67. The molecule has 2 aliphatic rings. The highest BCUT2D eigenvalue weighted by atomic mass is 16.4. The van der Waals surface area contributed by atoms with Gasteiger partial charge in [-0.3, -0.25) is 0 Å². The molecule has 1 saturated carbocycles. The predicted molar refractivity (Wildman–Crippen MR) is 58.5 cm³/mol. The maximum Gasteiger partial charge on any atom is 0.326 e. The summed E-state index contributed by atoms with van der Waals surface area (Å²) in [5.41, 5.74) is 2.19. The van der Waals surface area contributed by atoms with Gasteiger partial charge in [0.25, 0.3) is 0 Å². The number of aryl methyl sites for hydroxylation is 1. The van der Waals surface area contributed by atoms with Crippen LogP contribution in [0.1, 0.15) is 54.9 Å². The molecule has 1 aromatic rings. The third-order valence-electron chi connectivity index (χ3n) is 3.67. The van der Waals surface area contributed by atoms with Crippen molar-refractivity contribution < 1.29 is 9.90 Å². The second kappa shape index (κ2) is 3.34. The maximum atomic E-state index is 11.3. The van der Waals surface area contributed by atoms with E-state index in [-0.39, 0.29) is 6.04 Å². The fourth-order valence-electron chi connectivity index (χ4n) is 2.71. The Kier molecular flexibility index (Phi) is 2.06. The first-order chi connectivity index (χ1) is 7.68. The highest BCUT2D eigenvalue weighted by Crippen LogP contribution is 2.43. The van der Waals surface area contributed by atoms with Crippen LogP contribution in [0, 0.1) is 6.92 Å². The lowest BCUT2D eigenvalue weighted by atomic mass is 10.0. The van der Waals surface area contributed by atoms with Crippen molar-refractivity contribution in [2.24, 2.45) is 0 Å². The van der Waals surface area contributed by atoms with E-state index in [0.29, 0.717) is 5.92 Å². The fraction of sp³-hybridized carbons (Fsp3) is 0.667. The number of fused-ring (bicyclic) bond motifs is 1. The lowest BCUT2D eigenvalue weighted by molar-refractivity contribution is -0.141. The van der Waals surface area contributed by atoms with E-state index in [2.05, 4.69) is 4.98 Å². The number of rotatable bonds is 2. The SMILES string of the molecule is Cc1nc(C2CC2)n2c1CCCC2C(=O)O. The Morgan fingerprint density at radius 3 is 2.81 bits per heavy atom. The van der Waals surface area contributed by atoms with Gasteiger partial charge >= 0.3 is 5.97 Å². The summed E-state index contributed by atoms with van der Waals surface area (Å²) in [5, 5.41) is 9.27. The van der Waals surface area contributed by atoms with E-state index >= 15 is 0 Å². The van der Waals surface area contributed by atoms with Crippen molar-refractivity contribution in [2.75, 3.05) is 0 Å². The monoisotopic (exact) mass is 220 g/mol. The molecule has 1 aliphatic carbocycles. The number of carboxylic acid groups (broad SMARTS) is 1. The van der Waals surface area contributed by atoms with Crippen LogP contribution in [-0.2, 0) is 11.2 Å². The lowest BCUT2D eigenvalue weighted by Gasteiger charge is -2.24. The van der Waals surface area contributed by atoms with Crippen LogP contribution in [0.4, 0.5) is 0 Å². The van der Waals surface area contributed by atoms with Gasteiger partial charge in [-0.1, -0.05) is 0 Å².